The van der Waals surface area contributed by atoms with Crippen LogP contribution in [0, 0.1) is 17.8 Å². The highest BCUT2D eigenvalue weighted by Gasteiger charge is 2.48. The summed E-state index contributed by atoms with van der Waals surface area (Å²) in [5, 5.41) is 2.85. The maximum Gasteiger partial charge on any atom is 0.262 e. The Morgan fingerprint density at radius 1 is 0.976 bits per heavy atom. The van der Waals surface area contributed by atoms with Gasteiger partial charge in [-0.15, -0.1) is 0 Å². The molecule has 3 aliphatic rings. The molecule has 8 heteroatoms. The number of hydrogen-bond acceptors (Lipinski definition) is 6. The molecule has 0 unspecified atom stereocenters. The fourth-order valence-electron chi connectivity index (χ4n) is 6.60. The molecule has 5 rings (SSSR count). The zero-order valence-electron chi connectivity index (χ0n) is 25.4. The second-order valence-corrected chi connectivity index (χ2v) is 14.2. The van der Waals surface area contributed by atoms with Crippen molar-refractivity contribution < 1.29 is 23.9 Å². The lowest BCUT2D eigenvalue weighted by molar-refractivity contribution is -0.120. The van der Waals surface area contributed by atoms with E-state index < -0.39 is 5.92 Å². The van der Waals surface area contributed by atoms with E-state index in [2.05, 4.69) is 53.8 Å². The van der Waals surface area contributed by atoms with Crippen LogP contribution >= 0.6 is 15.9 Å². The first-order valence-electron chi connectivity index (χ1n) is 14.3. The largest absolute Gasteiger partial charge is 0.493 e. The molecule has 1 N–H and O–H groups in total. The van der Waals surface area contributed by atoms with Crippen LogP contribution in [0.15, 0.2) is 63.4 Å². The number of amides is 1. The Morgan fingerprint density at radius 2 is 1.57 bits per heavy atom. The maximum absolute atomic E-state index is 13.8. The van der Waals surface area contributed by atoms with Gasteiger partial charge in [0, 0.05) is 54.0 Å². The summed E-state index contributed by atoms with van der Waals surface area (Å²) in [5.74, 6) is 0.144. The van der Waals surface area contributed by atoms with E-state index in [4.69, 9.17) is 9.47 Å². The maximum atomic E-state index is 13.8. The molecule has 0 saturated heterocycles. The summed E-state index contributed by atoms with van der Waals surface area (Å²) in [6, 6.07) is 11.3. The molecular formula is C34H39BrN2O5. The molecule has 0 radical (unpaired) electrons. The standard InChI is InChI=1S/C34H39BrN2O5/c1-19-9-8-10-21(11-19)36-28(40)18-42-32-22(35)12-20(13-27(32)41-7)29-30-23(14-33(2,3)16-25(30)38)37(6)24-15-34(4,5)17-26(39)31(24)29/h8-13,29H,14-18H2,1-7H3,(H,36,40). The van der Waals surface area contributed by atoms with Crippen molar-refractivity contribution in [1.82, 2.24) is 4.90 Å². The van der Waals surface area contributed by atoms with E-state index in [1.807, 2.05) is 50.4 Å². The lowest BCUT2D eigenvalue weighted by Gasteiger charge is -2.48. The molecule has 222 valence electrons. The van der Waals surface area contributed by atoms with Gasteiger partial charge in [-0.2, -0.15) is 0 Å². The molecule has 0 aromatic heterocycles. The van der Waals surface area contributed by atoms with Crippen molar-refractivity contribution >= 4 is 39.1 Å². The SMILES string of the molecule is COc1cc(C2C3=C(CC(C)(C)CC3=O)N(C)C3=C2C(=O)CC(C)(C)C3)cc(Br)c1OCC(=O)Nc1cccc(C)c1. The number of Topliss-reactive ketones (excluding diaryl/α,β-unsaturated/α-hetero) is 2. The van der Waals surface area contributed by atoms with Gasteiger partial charge in [0.25, 0.3) is 5.91 Å². The van der Waals surface area contributed by atoms with Crippen LogP contribution in [0.25, 0.3) is 0 Å². The zero-order chi connectivity index (χ0) is 30.6. The first-order chi connectivity index (χ1) is 19.7. The highest BCUT2D eigenvalue weighted by atomic mass is 79.9. The Labute approximate surface area is 256 Å². The number of methoxy groups -OCH3 is 1. The van der Waals surface area contributed by atoms with Crippen LogP contribution in [-0.4, -0.2) is 43.1 Å². The van der Waals surface area contributed by atoms with Gasteiger partial charge in [0.15, 0.2) is 29.7 Å². The van der Waals surface area contributed by atoms with Crippen LogP contribution in [0.2, 0.25) is 0 Å². The first-order valence-corrected chi connectivity index (χ1v) is 15.1. The first kappa shape index (κ1) is 30.1. The molecule has 0 spiro atoms. The summed E-state index contributed by atoms with van der Waals surface area (Å²) in [7, 11) is 3.54. The second kappa shape index (κ2) is 11.0. The summed E-state index contributed by atoms with van der Waals surface area (Å²) in [6.07, 6.45) is 2.35. The van der Waals surface area contributed by atoms with Crippen LogP contribution in [0.5, 0.6) is 11.5 Å². The van der Waals surface area contributed by atoms with Crippen molar-refractivity contribution in [2.24, 2.45) is 10.8 Å². The second-order valence-electron chi connectivity index (χ2n) is 13.3. The molecule has 0 bridgehead atoms. The lowest BCUT2D eigenvalue weighted by atomic mass is 9.64. The van der Waals surface area contributed by atoms with Gasteiger partial charge in [0.1, 0.15) is 0 Å². The third-order valence-corrected chi connectivity index (χ3v) is 9.00. The van der Waals surface area contributed by atoms with Crippen molar-refractivity contribution in [2.45, 2.75) is 66.2 Å². The van der Waals surface area contributed by atoms with E-state index in [0.717, 1.165) is 35.4 Å². The minimum atomic E-state index is -0.498. The monoisotopic (exact) mass is 634 g/mol. The molecule has 1 aliphatic heterocycles. The molecule has 2 aromatic rings. The number of allylic oxidation sites excluding steroid dienone is 4. The number of nitrogens with zero attached hydrogens (tertiary/aromatic N) is 1. The zero-order valence-corrected chi connectivity index (χ0v) is 27.0. The van der Waals surface area contributed by atoms with Gasteiger partial charge in [-0.3, -0.25) is 14.4 Å². The van der Waals surface area contributed by atoms with Gasteiger partial charge in [0.05, 0.1) is 11.6 Å². The topological polar surface area (TPSA) is 84.9 Å². The average Bonchev–Trinajstić information content (AvgIpc) is 2.87. The fourth-order valence-corrected chi connectivity index (χ4v) is 7.18. The van der Waals surface area contributed by atoms with Crippen LogP contribution in [0.3, 0.4) is 0 Å². The number of ether oxygens (including phenoxy) is 2. The van der Waals surface area contributed by atoms with Crippen LogP contribution in [-0.2, 0) is 14.4 Å². The number of benzene rings is 2. The Morgan fingerprint density at radius 3 is 2.12 bits per heavy atom. The molecular weight excluding hydrogens is 596 g/mol. The number of rotatable bonds is 6. The Hall–Kier alpha value is -3.39. The number of nitrogens with one attached hydrogen (secondary N) is 1. The summed E-state index contributed by atoms with van der Waals surface area (Å²) in [5.41, 5.74) is 5.56. The summed E-state index contributed by atoms with van der Waals surface area (Å²) < 4.78 is 12.3. The van der Waals surface area contributed by atoms with Gasteiger partial charge in [-0.1, -0.05) is 39.8 Å². The van der Waals surface area contributed by atoms with E-state index in [1.54, 1.807) is 0 Å². The highest BCUT2D eigenvalue weighted by molar-refractivity contribution is 9.10. The van der Waals surface area contributed by atoms with Crippen molar-refractivity contribution in [3.63, 3.8) is 0 Å². The minimum absolute atomic E-state index is 0.0746. The quantitative estimate of drug-likeness (QED) is 0.365. The summed E-state index contributed by atoms with van der Waals surface area (Å²) in [6.45, 7) is 10.2. The number of hydrogen-bond donors (Lipinski definition) is 1. The predicted octanol–water partition coefficient (Wildman–Crippen LogP) is 7.10. The number of carbonyl (C=O) groups excluding carboxylic acids is 3. The summed E-state index contributed by atoms with van der Waals surface area (Å²) >= 11 is 3.64. The third-order valence-electron chi connectivity index (χ3n) is 8.41. The van der Waals surface area contributed by atoms with Crippen LogP contribution in [0.1, 0.15) is 70.4 Å². The predicted molar refractivity (Wildman–Crippen MR) is 167 cm³/mol. The number of anilines is 1. The van der Waals surface area contributed by atoms with Crippen molar-refractivity contribution in [3.8, 4) is 11.5 Å². The lowest BCUT2D eigenvalue weighted by Crippen LogP contribution is -2.43. The van der Waals surface area contributed by atoms with E-state index in [9.17, 15) is 14.4 Å². The Balaban J connectivity index is 1.53. The average molecular weight is 636 g/mol. The van der Waals surface area contributed by atoms with Gasteiger partial charge >= 0.3 is 0 Å². The van der Waals surface area contributed by atoms with Crippen LogP contribution < -0.4 is 14.8 Å². The van der Waals surface area contributed by atoms with Crippen molar-refractivity contribution in [2.75, 3.05) is 26.1 Å². The van der Waals surface area contributed by atoms with Crippen LogP contribution in [0.4, 0.5) is 5.69 Å². The van der Waals surface area contributed by atoms with E-state index >= 15 is 0 Å². The minimum Gasteiger partial charge on any atom is -0.493 e. The Kier molecular flexibility index (Phi) is 7.90. The molecule has 1 heterocycles. The molecule has 1 amide bonds. The number of ketones is 2. The highest BCUT2D eigenvalue weighted by Crippen LogP contribution is 2.55. The van der Waals surface area contributed by atoms with E-state index in [1.165, 1.54) is 7.11 Å². The smallest absolute Gasteiger partial charge is 0.262 e. The fraction of sp³-hybridized carbons (Fsp3) is 0.441. The Bertz CT molecular complexity index is 1500. The molecule has 42 heavy (non-hydrogen) atoms. The number of halogens is 1. The van der Waals surface area contributed by atoms with Gasteiger partial charge < -0.3 is 19.7 Å². The molecule has 2 aromatic carbocycles. The number of aryl methyl sites for hydroxylation is 1. The molecule has 0 atom stereocenters. The van der Waals surface area contributed by atoms with E-state index in [-0.39, 0.29) is 34.9 Å². The van der Waals surface area contributed by atoms with Crippen molar-refractivity contribution in [1.29, 1.82) is 0 Å². The summed E-state index contributed by atoms with van der Waals surface area (Å²) in [4.78, 5) is 42.4. The molecule has 0 fully saturated rings. The van der Waals surface area contributed by atoms with Gasteiger partial charge in [0.2, 0.25) is 0 Å². The number of carbonyl (C=O) groups is 3. The molecule has 0 saturated carbocycles. The van der Waals surface area contributed by atoms with E-state index in [0.29, 0.717) is 45.6 Å². The van der Waals surface area contributed by atoms with Gasteiger partial charge in [-0.05, 0) is 81.9 Å². The third kappa shape index (κ3) is 5.78. The normalized spacial score (nSPS) is 19.9. The van der Waals surface area contributed by atoms with Crippen molar-refractivity contribution in [3.05, 3.63) is 74.5 Å². The van der Waals surface area contributed by atoms with Gasteiger partial charge in [-0.25, -0.2) is 0 Å². The molecule has 2 aliphatic carbocycles. The molecule has 7 nitrogen and oxygen atoms in total.